The lowest BCUT2D eigenvalue weighted by atomic mass is 10.1. The van der Waals surface area contributed by atoms with Gasteiger partial charge in [-0.15, -0.1) is 0 Å². The van der Waals surface area contributed by atoms with Crippen molar-refractivity contribution in [3.05, 3.63) is 60.8 Å². The zero-order valence-corrected chi connectivity index (χ0v) is 15.9. The smallest absolute Gasteiger partial charge is 0.127 e. The molecular weight excluding hydrogens is 340 g/mol. The Kier molecular flexibility index (Phi) is 6.88. The predicted molar refractivity (Wildman–Crippen MR) is 106 cm³/mol. The van der Waals surface area contributed by atoms with Gasteiger partial charge in [-0.25, -0.2) is 0 Å². The van der Waals surface area contributed by atoms with E-state index in [1.807, 2.05) is 61.5 Å². The monoisotopic (exact) mass is 366 g/mol. The van der Waals surface area contributed by atoms with Gasteiger partial charge in [-0.05, 0) is 73.5 Å². The summed E-state index contributed by atoms with van der Waals surface area (Å²) in [5, 5.41) is 6.92. The van der Waals surface area contributed by atoms with Crippen LogP contribution in [0.15, 0.2) is 60.8 Å². The average Bonchev–Trinajstić information content (AvgIpc) is 3.24. The summed E-state index contributed by atoms with van der Waals surface area (Å²) < 4.78 is 17.3. The number of hydrogen-bond donors (Lipinski definition) is 1. The molecule has 27 heavy (non-hydrogen) atoms. The Labute approximate surface area is 160 Å². The largest absolute Gasteiger partial charge is 0.493 e. The molecule has 1 atom stereocenters. The van der Waals surface area contributed by atoms with Crippen molar-refractivity contribution in [2.45, 2.75) is 32.8 Å². The van der Waals surface area contributed by atoms with Crippen LogP contribution in [-0.2, 0) is 4.74 Å². The van der Waals surface area contributed by atoms with Gasteiger partial charge in [0.15, 0.2) is 0 Å². The molecule has 0 radical (unpaired) electrons. The summed E-state index contributed by atoms with van der Waals surface area (Å²) in [7, 11) is 0. The summed E-state index contributed by atoms with van der Waals surface area (Å²) in [5.74, 6) is 2.40. The molecule has 0 bridgehead atoms. The van der Waals surface area contributed by atoms with E-state index in [1.54, 1.807) is 6.20 Å². The maximum absolute atomic E-state index is 5.90. The van der Waals surface area contributed by atoms with Crippen LogP contribution in [0.3, 0.4) is 0 Å². The molecular formula is C22H26N2O3. The number of hydrogen-bond acceptors (Lipinski definition) is 4. The van der Waals surface area contributed by atoms with Crippen LogP contribution in [0, 0.1) is 0 Å². The second-order valence-corrected chi connectivity index (χ2v) is 6.19. The molecule has 0 aliphatic carbocycles. The van der Waals surface area contributed by atoms with Gasteiger partial charge in [0.05, 0.1) is 18.4 Å². The average molecular weight is 366 g/mol. The molecule has 0 saturated heterocycles. The van der Waals surface area contributed by atoms with E-state index >= 15 is 0 Å². The number of aromatic amines is 1. The number of rotatable bonds is 10. The molecule has 0 fully saturated rings. The Balaban J connectivity index is 1.50. The highest BCUT2D eigenvalue weighted by molar-refractivity contribution is 5.59. The molecule has 0 saturated carbocycles. The highest BCUT2D eigenvalue weighted by Crippen LogP contribution is 2.26. The summed E-state index contributed by atoms with van der Waals surface area (Å²) >= 11 is 0. The third kappa shape index (κ3) is 5.59. The van der Waals surface area contributed by atoms with Crippen molar-refractivity contribution in [1.29, 1.82) is 0 Å². The maximum Gasteiger partial charge on any atom is 0.127 e. The fourth-order valence-electron chi connectivity index (χ4n) is 2.81. The third-order valence-electron chi connectivity index (χ3n) is 4.29. The van der Waals surface area contributed by atoms with Crippen molar-refractivity contribution in [2.75, 3.05) is 13.2 Å². The van der Waals surface area contributed by atoms with Crippen LogP contribution in [-0.4, -0.2) is 29.5 Å². The molecule has 0 aliphatic heterocycles. The van der Waals surface area contributed by atoms with Crippen LogP contribution in [0.2, 0.25) is 0 Å². The van der Waals surface area contributed by atoms with Gasteiger partial charge in [-0.1, -0.05) is 6.92 Å². The second-order valence-electron chi connectivity index (χ2n) is 6.19. The minimum Gasteiger partial charge on any atom is -0.493 e. The molecule has 5 nitrogen and oxygen atoms in total. The zero-order chi connectivity index (χ0) is 18.9. The fraction of sp³-hybridized carbons (Fsp3) is 0.318. The molecule has 0 amide bonds. The van der Waals surface area contributed by atoms with Gasteiger partial charge in [0.25, 0.3) is 0 Å². The van der Waals surface area contributed by atoms with Crippen molar-refractivity contribution in [1.82, 2.24) is 10.2 Å². The normalized spacial score (nSPS) is 11.9. The summed E-state index contributed by atoms with van der Waals surface area (Å²) in [6, 6.07) is 17.5. The minimum absolute atomic E-state index is 0.266. The first-order chi connectivity index (χ1) is 13.3. The van der Waals surface area contributed by atoms with Crippen molar-refractivity contribution in [3.8, 4) is 28.5 Å². The molecule has 1 heterocycles. The molecule has 1 unspecified atom stereocenters. The lowest BCUT2D eigenvalue weighted by Crippen LogP contribution is -2.15. The number of nitrogens with zero attached hydrogens (tertiary/aromatic N) is 1. The number of nitrogens with one attached hydrogen (secondary N) is 1. The van der Waals surface area contributed by atoms with E-state index in [0.29, 0.717) is 6.61 Å². The van der Waals surface area contributed by atoms with Crippen LogP contribution >= 0.6 is 0 Å². The molecule has 2 aromatic carbocycles. The van der Waals surface area contributed by atoms with Crippen LogP contribution in [0.1, 0.15) is 26.7 Å². The van der Waals surface area contributed by atoms with Crippen LogP contribution in [0.5, 0.6) is 17.2 Å². The highest BCUT2D eigenvalue weighted by Gasteiger charge is 2.06. The lowest BCUT2D eigenvalue weighted by molar-refractivity contribution is 0.0443. The first kappa shape index (κ1) is 19.0. The van der Waals surface area contributed by atoms with Crippen molar-refractivity contribution < 1.29 is 14.2 Å². The quantitative estimate of drug-likeness (QED) is 0.518. The third-order valence-corrected chi connectivity index (χ3v) is 4.29. The number of benzene rings is 2. The van der Waals surface area contributed by atoms with E-state index in [1.165, 1.54) is 0 Å². The first-order valence-corrected chi connectivity index (χ1v) is 9.40. The zero-order valence-electron chi connectivity index (χ0n) is 15.9. The molecule has 5 heteroatoms. The fourth-order valence-corrected chi connectivity index (χ4v) is 2.81. The summed E-state index contributed by atoms with van der Waals surface area (Å²) in [6.07, 6.45) is 3.90. The summed E-state index contributed by atoms with van der Waals surface area (Å²) in [5.41, 5.74) is 2.05. The summed E-state index contributed by atoms with van der Waals surface area (Å²) in [4.78, 5) is 0. The predicted octanol–water partition coefficient (Wildman–Crippen LogP) is 5.45. The van der Waals surface area contributed by atoms with E-state index in [4.69, 9.17) is 14.2 Å². The molecule has 3 aromatic rings. The van der Waals surface area contributed by atoms with E-state index < -0.39 is 0 Å². The van der Waals surface area contributed by atoms with Crippen molar-refractivity contribution >= 4 is 0 Å². The molecule has 142 valence electrons. The van der Waals surface area contributed by atoms with Crippen LogP contribution in [0.25, 0.3) is 11.3 Å². The van der Waals surface area contributed by atoms with Crippen LogP contribution in [0.4, 0.5) is 0 Å². The topological polar surface area (TPSA) is 56.4 Å². The molecule has 1 N–H and O–H groups in total. The number of aromatic nitrogens is 2. The van der Waals surface area contributed by atoms with Gasteiger partial charge in [0.1, 0.15) is 17.2 Å². The van der Waals surface area contributed by atoms with E-state index in [-0.39, 0.29) is 6.10 Å². The van der Waals surface area contributed by atoms with Gasteiger partial charge in [0.2, 0.25) is 0 Å². The standard InChI is InChI=1S/C22H26N2O3/c1-3-18(25-4-2)14-16-26-19-9-11-21(12-10-19)27-20-7-5-17(6-8-20)22-13-15-23-24-22/h5-13,15,18H,3-4,14,16H2,1-2H3,(H,23,24). The highest BCUT2D eigenvalue weighted by atomic mass is 16.5. The van der Waals surface area contributed by atoms with E-state index in [0.717, 1.165) is 48.0 Å². The molecule has 0 aliphatic rings. The van der Waals surface area contributed by atoms with Crippen LogP contribution < -0.4 is 9.47 Å². The first-order valence-electron chi connectivity index (χ1n) is 9.40. The Morgan fingerprint density at radius 3 is 2.15 bits per heavy atom. The van der Waals surface area contributed by atoms with Crippen molar-refractivity contribution in [2.24, 2.45) is 0 Å². The van der Waals surface area contributed by atoms with Gasteiger partial charge in [0, 0.05) is 19.2 Å². The number of ether oxygens (including phenoxy) is 3. The van der Waals surface area contributed by atoms with E-state index in [2.05, 4.69) is 17.1 Å². The van der Waals surface area contributed by atoms with Gasteiger partial charge in [-0.3, -0.25) is 5.10 Å². The molecule has 1 aromatic heterocycles. The summed E-state index contributed by atoms with van der Waals surface area (Å²) in [6.45, 7) is 5.54. The maximum atomic E-state index is 5.90. The van der Waals surface area contributed by atoms with Gasteiger partial charge >= 0.3 is 0 Å². The minimum atomic E-state index is 0.266. The molecule has 3 rings (SSSR count). The Hall–Kier alpha value is -2.79. The SMILES string of the molecule is CCOC(CC)CCOc1ccc(Oc2ccc(-c3ccn[nH]3)cc2)cc1. The second kappa shape index (κ2) is 9.78. The number of H-pyrrole nitrogens is 1. The van der Waals surface area contributed by atoms with E-state index in [9.17, 15) is 0 Å². The van der Waals surface area contributed by atoms with Gasteiger partial charge in [-0.2, -0.15) is 5.10 Å². The lowest BCUT2D eigenvalue weighted by Gasteiger charge is -2.15. The van der Waals surface area contributed by atoms with Gasteiger partial charge < -0.3 is 14.2 Å². The van der Waals surface area contributed by atoms with Crippen molar-refractivity contribution in [3.63, 3.8) is 0 Å². The Morgan fingerprint density at radius 2 is 1.56 bits per heavy atom. The molecule has 0 spiro atoms. The Morgan fingerprint density at radius 1 is 0.889 bits per heavy atom. The Bertz CT molecular complexity index is 783.